The molecule has 6 heteroatoms. The number of hydrogen-bond donors (Lipinski definition) is 3. The van der Waals surface area contributed by atoms with Gasteiger partial charge in [0.15, 0.2) is 0 Å². The smallest absolute Gasteiger partial charge is 0.223 e. The Kier molecular flexibility index (Phi) is 6.70. The van der Waals surface area contributed by atoms with Crippen LogP contribution in [0.3, 0.4) is 0 Å². The fourth-order valence-electron chi connectivity index (χ4n) is 1.44. The van der Waals surface area contributed by atoms with Gasteiger partial charge in [0.05, 0.1) is 25.7 Å². The highest BCUT2D eigenvalue weighted by Gasteiger charge is 2.06. The van der Waals surface area contributed by atoms with Crippen molar-refractivity contribution >= 4 is 11.6 Å². The fraction of sp³-hybridized carbons (Fsp3) is 0.462. The molecule has 0 aliphatic carbocycles. The van der Waals surface area contributed by atoms with Crippen molar-refractivity contribution < 1.29 is 19.4 Å². The van der Waals surface area contributed by atoms with Gasteiger partial charge in [-0.05, 0) is 12.1 Å². The van der Waals surface area contributed by atoms with Crippen LogP contribution in [0.2, 0.25) is 0 Å². The van der Waals surface area contributed by atoms with Gasteiger partial charge in [0.2, 0.25) is 5.91 Å². The number of anilines is 1. The number of nitrogen functional groups attached to an aromatic ring is 1. The van der Waals surface area contributed by atoms with E-state index in [0.29, 0.717) is 11.4 Å². The largest absolute Gasteiger partial charge is 0.493 e. The zero-order chi connectivity index (χ0) is 14.1. The highest BCUT2D eigenvalue weighted by atomic mass is 16.5. The Labute approximate surface area is 112 Å². The lowest BCUT2D eigenvalue weighted by Gasteiger charge is -2.11. The van der Waals surface area contributed by atoms with Gasteiger partial charge in [-0.3, -0.25) is 4.79 Å². The lowest BCUT2D eigenvalue weighted by molar-refractivity contribution is -0.122. The summed E-state index contributed by atoms with van der Waals surface area (Å²) in [5.74, 6) is 0.450. The first-order valence-corrected chi connectivity index (χ1v) is 6.04. The zero-order valence-corrected chi connectivity index (χ0v) is 11.0. The Morgan fingerprint density at radius 2 is 2.32 bits per heavy atom. The van der Waals surface area contributed by atoms with Gasteiger partial charge in [0.1, 0.15) is 5.75 Å². The molecular weight excluding hydrogens is 248 g/mol. The van der Waals surface area contributed by atoms with Crippen molar-refractivity contribution in [2.75, 3.05) is 32.6 Å². The van der Waals surface area contributed by atoms with Gasteiger partial charge in [0, 0.05) is 25.4 Å². The second kappa shape index (κ2) is 8.34. The van der Waals surface area contributed by atoms with Gasteiger partial charge in [-0.1, -0.05) is 6.07 Å². The maximum Gasteiger partial charge on any atom is 0.223 e. The van der Waals surface area contributed by atoms with Gasteiger partial charge in [0.25, 0.3) is 0 Å². The molecule has 0 aromatic heterocycles. The number of aliphatic hydroxyl groups is 1. The van der Waals surface area contributed by atoms with E-state index in [1.165, 1.54) is 7.11 Å². The molecule has 4 N–H and O–H groups in total. The predicted molar refractivity (Wildman–Crippen MR) is 71.9 cm³/mol. The lowest BCUT2D eigenvalue weighted by atomic mass is 10.3. The van der Waals surface area contributed by atoms with Crippen molar-refractivity contribution in [1.29, 1.82) is 0 Å². The average Bonchev–Trinajstić information content (AvgIpc) is 2.37. The summed E-state index contributed by atoms with van der Waals surface area (Å²) < 4.78 is 10.1. The van der Waals surface area contributed by atoms with Crippen LogP contribution in [0, 0.1) is 0 Å². The molecule has 1 unspecified atom stereocenters. The number of carbonyl (C=O) groups is 1. The SMILES string of the molecule is COCC(O)CNC(=O)CCOc1cccc(N)c1. The first kappa shape index (κ1) is 15.3. The van der Waals surface area contributed by atoms with Crippen LogP contribution in [0.15, 0.2) is 24.3 Å². The number of methoxy groups -OCH3 is 1. The first-order chi connectivity index (χ1) is 9.11. The van der Waals surface area contributed by atoms with Crippen molar-refractivity contribution in [3.63, 3.8) is 0 Å². The molecule has 106 valence electrons. The summed E-state index contributed by atoms with van der Waals surface area (Å²) in [5, 5.41) is 11.9. The van der Waals surface area contributed by atoms with Crippen LogP contribution in [0.25, 0.3) is 0 Å². The molecule has 1 aromatic rings. The molecule has 0 bridgehead atoms. The van der Waals surface area contributed by atoms with Crippen LogP contribution in [0.4, 0.5) is 5.69 Å². The molecule has 0 aliphatic heterocycles. The second-order valence-electron chi connectivity index (χ2n) is 4.08. The fourth-order valence-corrected chi connectivity index (χ4v) is 1.44. The van der Waals surface area contributed by atoms with E-state index in [1.807, 2.05) is 0 Å². The molecule has 1 amide bonds. The molecule has 1 rings (SSSR count). The Bertz CT molecular complexity index is 398. The summed E-state index contributed by atoms with van der Waals surface area (Å²) in [7, 11) is 1.49. The first-order valence-electron chi connectivity index (χ1n) is 6.04. The van der Waals surface area contributed by atoms with E-state index in [-0.39, 0.29) is 32.1 Å². The van der Waals surface area contributed by atoms with E-state index in [9.17, 15) is 9.90 Å². The number of benzene rings is 1. The molecule has 0 aliphatic rings. The van der Waals surface area contributed by atoms with Crippen molar-refractivity contribution in [2.24, 2.45) is 0 Å². The number of aliphatic hydroxyl groups excluding tert-OH is 1. The maximum atomic E-state index is 11.4. The monoisotopic (exact) mass is 268 g/mol. The summed E-state index contributed by atoms with van der Waals surface area (Å²) in [6.07, 6.45) is -0.474. The minimum Gasteiger partial charge on any atom is -0.493 e. The molecule has 0 fully saturated rings. The normalized spacial score (nSPS) is 11.9. The summed E-state index contributed by atoms with van der Waals surface area (Å²) in [4.78, 5) is 11.4. The van der Waals surface area contributed by atoms with Crippen LogP contribution in [0.1, 0.15) is 6.42 Å². The molecule has 0 spiro atoms. The summed E-state index contributed by atoms with van der Waals surface area (Å²) in [6.45, 7) is 0.626. The average molecular weight is 268 g/mol. The molecule has 0 saturated heterocycles. The van der Waals surface area contributed by atoms with Crippen molar-refractivity contribution in [2.45, 2.75) is 12.5 Å². The lowest BCUT2D eigenvalue weighted by Crippen LogP contribution is -2.34. The second-order valence-corrected chi connectivity index (χ2v) is 4.08. The Morgan fingerprint density at radius 1 is 1.53 bits per heavy atom. The Balaban J connectivity index is 2.17. The number of nitrogens with one attached hydrogen (secondary N) is 1. The maximum absolute atomic E-state index is 11.4. The van der Waals surface area contributed by atoms with Crippen molar-refractivity contribution in [3.05, 3.63) is 24.3 Å². The third-order valence-corrected chi connectivity index (χ3v) is 2.35. The summed E-state index contributed by atoms with van der Waals surface area (Å²) >= 11 is 0. The highest BCUT2D eigenvalue weighted by molar-refractivity contribution is 5.76. The number of nitrogens with two attached hydrogens (primary N) is 1. The number of amides is 1. The third-order valence-electron chi connectivity index (χ3n) is 2.35. The van der Waals surface area contributed by atoms with Gasteiger partial charge in [-0.2, -0.15) is 0 Å². The standard InChI is InChI=1S/C13H20N2O4/c1-18-9-11(16)8-15-13(17)5-6-19-12-4-2-3-10(14)7-12/h2-4,7,11,16H,5-6,8-9,14H2,1H3,(H,15,17). The number of carbonyl (C=O) groups excluding carboxylic acids is 1. The van der Waals surface area contributed by atoms with Gasteiger partial charge < -0.3 is 25.6 Å². The summed E-state index contributed by atoms with van der Waals surface area (Å²) in [5.41, 5.74) is 6.22. The zero-order valence-electron chi connectivity index (χ0n) is 11.0. The third kappa shape index (κ3) is 6.64. The number of rotatable bonds is 8. The number of hydrogen-bond acceptors (Lipinski definition) is 5. The van der Waals surface area contributed by atoms with Crippen LogP contribution in [-0.4, -0.2) is 44.0 Å². The van der Waals surface area contributed by atoms with E-state index in [4.69, 9.17) is 15.2 Å². The molecular formula is C13H20N2O4. The van der Waals surface area contributed by atoms with Crippen molar-refractivity contribution in [1.82, 2.24) is 5.32 Å². The molecule has 0 radical (unpaired) electrons. The van der Waals surface area contributed by atoms with Crippen LogP contribution >= 0.6 is 0 Å². The molecule has 0 saturated carbocycles. The van der Waals surface area contributed by atoms with Crippen molar-refractivity contribution in [3.8, 4) is 5.75 Å². The van der Waals surface area contributed by atoms with E-state index < -0.39 is 6.10 Å². The minimum absolute atomic E-state index is 0.172. The number of ether oxygens (including phenoxy) is 2. The van der Waals surface area contributed by atoms with Gasteiger partial charge in [-0.15, -0.1) is 0 Å². The van der Waals surface area contributed by atoms with Crippen LogP contribution in [0.5, 0.6) is 5.75 Å². The summed E-state index contributed by atoms with van der Waals surface area (Å²) in [6, 6.07) is 7.01. The Morgan fingerprint density at radius 3 is 3.00 bits per heavy atom. The van der Waals surface area contributed by atoms with Gasteiger partial charge in [-0.25, -0.2) is 0 Å². The molecule has 1 aromatic carbocycles. The minimum atomic E-state index is -0.691. The molecule has 0 heterocycles. The molecule has 1 atom stereocenters. The Hall–Kier alpha value is -1.79. The highest BCUT2D eigenvalue weighted by Crippen LogP contribution is 2.14. The molecule has 6 nitrogen and oxygen atoms in total. The van der Waals surface area contributed by atoms with E-state index in [1.54, 1.807) is 24.3 Å². The van der Waals surface area contributed by atoms with Crippen LogP contribution < -0.4 is 15.8 Å². The van der Waals surface area contributed by atoms with E-state index in [0.717, 1.165) is 0 Å². The van der Waals surface area contributed by atoms with E-state index in [2.05, 4.69) is 5.32 Å². The quantitative estimate of drug-likeness (QED) is 0.584. The predicted octanol–water partition coefficient (Wildman–Crippen LogP) is 0.161. The topological polar surface area (TPSA) is 93.8 Å². The molecule has 19 heavy (non-hydrogen) atoms. The van der Waals surface area contributed by atoms with Gasteiger partial charge >= 0.3 is 0 Å². The van der Waals surface area contributed by atoms with E-state index >= 15 is 0 Å². The van der Waals surface area contributed by atoms with Crippen LogP contribution in [-0.2, 0) is 9.53 Å².